The molecule has 1 atom stereocenters. The summed E-state index contributed by atoms with van der Waals surface area (Å²) in [7, 11) is 1.61. The van der Waals surface area contributed by atoms with Gasteiger partial charge in [0.2, 0.25) is 11.5 Å². The molecular formula is C22H32N4O4. The Morgan fingerprint density at radius 3 is 2.53 bits per heavy atom. The van der Waals surface area contributed by atoms with E-state index in [1.165, 1.54) is 42.3 Å². The number of nitrogens with one attached hydrogen (secondary N) is 1. The third-order valence-electron chi connectivity index (χ3n) is 6.46. The summed E-state index contributed by atoms with van der Waals surface area (Å²) in [6.07, 6.45) is 6.38. The normalized spacial score (nSPS) is 23.6. The van der Waals surface area contributed by atoms with Crippen LogP contribution in [0.4, 0.5) is 0 Å². The molecular weight excluding hydrogens is 384 g/mol. The molecule has 8 nitrogen and oxygen atoms in total. The number of rotatable bonds is 7. The van der Waals surface area contributed by atoms with Gasteiger partial charge in [0.1, 0.15) is 6.61 Å². The van der Waals surface area contributed by atoms with Crippen LogP contribution in [0.15, 0.2) is 23.1 Å². The number of hydrogen-bond acceptors (Lipinski definition) is 5. The van der Waals surface area contributed by atoms with Gasteiger partial charge in [-0.15, -0.1) is 0 Å². The molecule has 0 aromatic carbocycles. The molecule has 0 bridgehead atoms. The summed E-state index contributed by atoms with van der Waals surface area (Å²) in [6, 6.07) is 2.90. The third-order valence-corrected chi connectivity index (χ3v) is 6.46. The first-order valence-electron chi connectivity index (χ1n) is 11.0. The van der Waals surface area contributed by atoms with Crippen molar-refractivity contribution in [1.82, 2.24) is 19.7 Å². The molecule has 0 radical (unpaired) electrons. The number of pyridine rings is 1. The van der Waals surface area contributed by atoms with Crippen molar-refractivity contribution in [2.24, 2.45) is 18.9 Å². The first kappa shape index (κ1) is 21.1. The number of aromatic nitrogens is 1. The van der Waals surface area contributed by atoms with E-state index in [4.69, 9.17) is 4.74 Å². The molecule has 1 aliphatic carbocycles. The predicted molar refractivity (Wildman–Crippen MR) is 112 cm³/mol. The van der Waals surface area contributed by atoms with Crippen LogP contribution in [0.2, 0.25) is 0 Å². The highest BCUT2D eigenvalue weighted by molar-refractivity contribution is 5.93. The minimum absolute atomic E-state index is 0.0380. The Balaban J connectivity index is 1.23. The Bertz CT molecular complexity index is 827. The van der Waals surface area contributed by atoms with E-state index in [0.29, 0.717) is 24.6 Å². The van der Waals surface area contributed by atoms with E-state index in [-0.39, 0.29) is 30.1 Å². The topological polar surface area (TPSA) is 83.9 Å². The fourth-order valence-electron chi connectivity index (χ4n) is 4.35. The second kappa shape index (κ2) is 9.31. The highest BCUT2D eigenvalue weighted by Crippen LogP contribution is 2.31. The Labute approximate surface area is 177 Å². The van der Waals surface area contributed by atoms with E-state index < -0.39 is 0 Å². The van der Waals surface area contributed by atoms with E-state index in [9.17, 15) is 14.4 Å². The zero-order chi connectivity index (χ0) is 21.1. The molecule has 164 valence electrons. The molecule has 1 N–H and O–H groups in total. The number of aryl methyl sites for hydroxylation is 1. The Morgan fingerprint density at radius 2 is 1.83 bits per heavy atom. The smallest absolute Gasteiger partial charge is 0.252 e. The Kier molecular flexibility index (Phi) is 6.53. The van der Waals surface area contributed by atoms with Gasteiger partial charge >= 0.3 is 0 Å². The van der Waals surface area contributed by atoms with Crippen molar-refractivity contribution >= 4 is 11.8 Å². The maximum Gasteiger partial charge on any atom is 0.252 e. The fraction of sp³-hybridized carbons (Fsp3) is 0.682. The van der Waals surface area contributed by atoms with Crippen LogP contribution >= 0.6 is 0 Å². The minimum Gasteiger partial charge on any atom is -0.365 e. The molecule has 1 saturated carbocycles. The number of carbonyl (C=O) groups excluding carboxylic acids is 2. The summed E-state index contributed by atoms with van der Waals surface area (Å²) in [5.74, 6) is 1.26. The lowest BCUT2D eigenvalue weighted by Crippen LogP contribution is -2.52. The van der Waals surface area contributed by atoms with Crippen molar-refractivity contribution in [1.29, 1.82) is 0 Å². The zero-order valence-corrected chi connectivity index (χ0v) is 17.7. The van der Waals surface area contributed by atoms with E-state index in [1.807, 2.05) is 4.90 Å². The molecule has 1 aromatic rings. The maximum atomic E-state index is 12.4. The van der Waals surface area contributed by atoms with Crippen molar-refractivity contribution in [2.75, 3.05) is 45.9 Å². The lowest BCUT2D eigenvalue weighted by atomic mass is 9.95. The third kappa shape index (κ3) is 5.49. The van der Waals surface area contributed by atoms with Gasteiger partial charge in [0.25, 0.3) is 5.91 Å². The summed E-state index contributed by atoms with van der Waals surface area (Å²) in [5.41, 5.74) is 0.272. The molecule has 2 aliphatic heterocycles. The first-order valence-corrected chi connectivity index (χ1v) is 11.0. The monoisotopic (exact) mass is 416 g/mol. The van der Waals surface area contributed by atoms with Crippen molar-refractivity contribution in [3.05, 3.63) is 34.2 Å². The molecule has 0 spiro atoms. The summed E-state index contributed by atoms with van der Waals surface area (Å²) in [4.78, 5) is 40.6. The zero-order valence-electron chi connectivity index (χ0n) is 17.7. The Hall–Kier alpha value is -2.19. The van der Waals surface area contributed by atoms with Gasteiger partial charge < -0.3 is 24.4 Å². The Morgan fingerprint density at radius 1 is 1.10 bits per heavy atom. The average Bonchev–Trinajstić information content (AvgIpc) is 3.56. The maximum absolute atomic E-state index is 12.4. The largest absolute Gasteiger partial charge is 0.365 e. The molecule has 8 heteroatoms. The van der Waals surface area contributed by atoms with Crippen molar-refractivity contribution in [3.8, 4) is 0 Å². The predicted octanol–water partition coefficient (Wildman–Crippen LogP) is 0.465. The second-order valence-corrected chi connectivity index (χ2v) is 9.00. The molecule has 1 aromatic heterocycles. The minimum atomic E-state index is -0.249. The van der Waals surface area contributed by atoms with E-state index in [0.717, 1.165) is 38.4 Å². The number of amides is 2. The highest BCUT2D eigenvalue weighted by Gasteiger charge is 2.31. The van der Waals surface area contributed by atoms with Crippen LogP contribution in [0.5, 0.6) is 0 Å². The fourth-order valence-corrected chi connectivity index (χ4v) is 4.35. The van der Waals surface area contributed by atoms with Gasteiger partial charge in [0.05, 0.1) is 11.7 Å². The standard InChI is InChI=1S/C22H32N4O4/c1-24-13-18(4-5-20(24)27)22(29)23-10-19-14-26(21(28)15-30-19)12-17-6-8-25(9-7-17)11-16-2-3-16/h4-5,13,16-17,19H,2-3,6-12,14-15H2,1H3,(H,23,29)/t19-/m1/s1. The number of ether oxygens (including phenoxy) is 1. The quantitative estimate of drug-likeness (QED) is 0.698. The van der Waals surface area contributed by atoms with Gasteiger partial charge in [0, 0.05) is 45.5 Å². The van der Waals surface area contributed by atoms with Gasteiger partial charge in [0.15, 0.2) is 0 Å². The summed E-state index contributed by atoms with van der Waals surface area (Å²) in [6.45, 7) is 5.23. The lowest BCUT2D eigenvalue weighted by molar-refractivity contribution is -0.149. The van der Waals surface area contributed by atoms with E-state index in [2.05, 4.69) is 10.2 Å². The number of likely N-dealkylation sites (tertiary alicyclic amines) is 1. The van der Waals surface area contributed by atoms with E-state index >= 15 is 0 Å². The molecule has 2 saturated heterocycles. The van der Waals surface area contributed by atoms with Crippen LogP contribution in [0.1, 0.15) is 36.0 Å². The van der Waals surface area contributed by atoms with Crippen LogP contribution in [0.3, 0.4) is 0 Å². The van der Waals surface area contributed by atoms with Crippen molar-refractivity contribution in [3.63, 3.8) is 0 Å². The molecule has 4 rings (SSSR count). The van der Waals surface area contributed by atoms with E-state index in [1.54, 1.807) is 7.05 Å². The van der Waals surface area contributed by atoms with Crippen LogP contribution < -0.4 is 10.9 Å². The summed E-state index contributed by atoms with van der Waals surface area (Å²) >= 11 is 0. The molecule has 0 unspecified atom stereocenters. The number of morpholine rings is 1. The molecule has 3 heterocycles. The molecule has 2 amide bonds. The van der Waals surface area contributed by atoms with Gasteiger partial charge in [-0.1, -0.05) is 0 Å². The first-order chi connectivity index (χ1) is 14.5. The van der Waals surface area contributed by atoms with Gasteiger partial charge in [-0.3, -0.25) is 14.4 Å². The number of piperidine rings is 1. The second-order valence-electron chi connectivity index (χ2n) is 9.00. The average molecular weight is 417 g/mol. The summed E-state index contributed by atoms with van der Waals surface area (Å²) in [5, 5.41) is 2.86. The molecule has 30 heavy (non-hydrogen) atoms. The van der Waals surface area contributed by atoms with Crippen molar-refractivity contribution < 1.29 is 14.3 Å². The van der Waals surface area contributed by atoms with Crippen LogP contribution in [-0.4, -0.2) is 78.2 Å². The number of carbonyl (C=O) groups is 2. The SMILES string of the molecule is Cn1cc(C(=O)NC[C@@H]2CN(CC3CCN(CC4CC4)CC3)C(=O)CO2)ccc1=O. The number of nitrogens with zero attached hydrogens (tertiary/aromatic N) is 3. The van der Waals surface area contributed by atoms with Gasteiger partial charge in [-0.05, 0) is 56.7 Å². The van der Waals surface area contributed by atoms with Gasteiger partial charge in [-0.2, -0.15) is 0 Å². The summed E-state index contributed by atoms with van der Waals surface area (Å²) < 4.78 is 7.01. The van der Waals surface area contributed by atoms with Crippen molar-refractivity contribution in [2.45, 2.75) is 31.8 Å². The van der Waals surface area contributed by atoms with Crippen LogP contribution in [-0.2, 0) is 16.6 Å². The lowest BCUT2D eigenvalue weighted by Gasteiger charge is -2.38. The molecule has 3 fully saturated rings. The highest BCUT2D eigenvalue weighted by atomic mass is 16.5. The number of hydrogen-bond donors (Lipinski definition) is 1. The molecule has 3 aliphatic rings. The van der Waals surface area contributed by atoms with Gasteiger partial charge in [-0.25, -0.2) is 0 Å². The van der Waals surface area contributed by atoms with Crippen LogP contribution in [0, 0.1) is 11.8 Å². The van der Waals surface area contributed by atoms with Crippen LogP contribution in [0.25, 0.3) is 0 Å².